The summed E-state index contributed by atoms with van der Waals surface area (Å²) in [4.78, 5) is 2.38. The fourth-order valence-corrected chi connectivity index (χ4v) is 2.56. The number of aliphatic hydroxyl groups excluding tert-OH is 1. The van der Waals surface area contributed by atoms with E-state index >= 15 is 0 Å². The fraction of sp³-hybridized carbons (Fsp3) is 1.00. The van der Waals surface area contributed by atoms with Crippen molar-refractivity contribution in [3.8, 4) is 0 Å². The lowest BCUT2D eigenvalue weighted by Gasteiger charge is -2.38. The summed E-state index contributed by atoms with van der Waals surface area (Å²) in [5.41, 5.74) is 0. The van der Waals surface area contributed by atoms with Crippen molar-refractivity contribution in [2.24, 2.45) is 5.92 Å². The number of methoxy groups -OCH3 is 1. The van der Waals surface area contributed by atoms with Crippen LogP contribution >= 0.6 is 0 Å². The number of nitrogens with zero attached hydrogens (tertiary/aromatic N) is 1. The summed E-state index contributed by atoms with van der Waals surface area (Å²) in [6, 6.07) is 0.560. The summed E-state index contributed by atoms with van der Waals surface area (Å²) in [5.74, 6) is 0.722. The highest BCUT2D eigenvalue weighted by molar-refractivity contribution is 4.80. The minimum Gasteiger partial charge on any atom is -0.389 e. The maximum absolute atomic E-state index is 10.0. The fourth-order valence-electron chi connectivity index (χ4n) is 2.56. The zero-order valence-electron chi connectivity index (χ0n) is 12.3. The molecule has 108 valence electrons. The standard InChI is InChI=1S/C14H29NO3/c1-11-6-5-7-15(13(11)3)8-14(16)10-18-12(2)9-17-4/h11-14,16H,5-10H2,1-4H3. The first-order chi connectivity index (χ1) is 8.54. The molecule has 0 aromatic carbocycles. The van der Waals surface area contributed by atoms with Gasteiger partial charge in [0, 0.05) is 19.7 Å². The van der Waals surface area contributed by atoms with E-state index in [-0.39, 0.29) is 6.10 Å². The Bertz CT molecular complexity index is 225. The number of piperidine rings is 1. The Morgan fingerprint density at radius 1 is 1.33 bits per heavy atom. The highest BCUT2D eigenvalue weighted by Gasteiger charge is 2.26. The van der Waals surface area contributed by atoms with Gasteiger partial charge in [-0.05, 0) is 39.2 Å². The Labute approximate surface area is 111 Å². The van der Waals surface area contributed by atoms with Crippen LogP contribution in [0.15, 0.2) is 0 Å². The Hall–Kier alpha value is -0.160. The molecule has 4 heteroatoms. The third-order valence-corrected chi connectivity index (χ3v) is 3.92. The SMILES string of the molecule is COCC(C)OCC(O)CN1CCCC(C)C1C. The van der Waals surface area contributed by atoms with Gasteiger partial charge in [0.2, 0.25) is 0 Å². The number of hydrogen-bond acceptors (Lipinski definition) is 4. The van der Waals surface area contributed by atoms with Gasteiger partial charge in [-0.25, -0.2) is 0 Å². The zero-order chi connectivity index (χ0) is 13.5. The molecule has 0 saturated carbocycles. The lowest BCUT2D eigenvalue weighted by atomic mass is 9.92. The minimum atomic E-state index is -0.406. The Kier molecular flexibility index (Phi) is 7.15. The van der Waals surface area contributed by atoms with Gasteiger partial charge >= 0.3 is 0 Å². The monoisotopic (exact) mass is 259 g/mol. The first-order valence-electron chi connectivity index (χ1n) is 7.07. The minimum absolute atomic E-state index is 0.0438. The van der Waals surface area contributed by atoms with E-state index in [0.29, 0.717) is 25.8 Å². The maximum Gasteiger partial charge on any atom is 0.0900 e. The average molecular weight is 259 g/mol. The Morgan fingerprint density at radius 2 is 2.06 bits per heavy atom. The normalized spacial score (nSPS) is 29.2. The van der Waals surface area contributed by atoms with Crippen molar-refractivity contribution in [1.29, 1.82) is 0 Å². The van der Waals surface area contributed by atoms with Crippen LogP contribution in [0.5, 0.6) is 0 Å². The number of ether oxygens (including phenoxy) is 2. The van der Waals surface area contributed by atoms with Gasteiger partial charge in [-0.2, -0.15) is 0 Å². The predicted octanol–water partition coefficient (Wildman–Crippen LogP) is 1.52. The van der Waals surface area contributed by atoms with E-state index in [1.54, 1.807) is 7.11 Å². The van der Waals surface area contributed by atoms with Gasteiger partial charge in [-0.1, -0.05) is 6.92 Å². The molecule has 0 aromatic heterocycles. The highest BCUT2D eigenvalue weighted by Crippen LogP contribution is 2.22. The molecule has 18 heavy (non-hydrogen) atoms. The molecule has 1 aliphatic rings. The van der Waals surface area contributed by atoms with E-state index in [2.05, 4.69) is 18.7 Å². The predicted molar refractivity (Wildman–Crippen MR) is 72.7 cm³/mol. The third kappa shape index (κ3) is 5.22. The van der Waals surface area contributed by atoms with Crippen LogP contribution < -0.4 is 0 Å². The van der Waals surface area contributed by atoms with Gasteiger partial charge in [0.1, 0.15) is 0 Å². The van der Waals surface area contributed by atoms with Gasteiger partial charge in [0.25, 0.3) is 0 Å². The van der Waals surface area contributed by atoms with E-state index < -0.39 is 6.10 Å². The summed E-state index contributed by atoms with van der Waals surface area (Å²) in [5, 5.41) is 10.0. The summed E-state index contributed by atoms with van der Waals surface area (Å²) in [6.45, 7) is 9.28. The van der Waals surface area contributed by atoms with Gasteiger partial charge in [0.15, 0.2) is 0 Å². The lowest BCUT2D eigenvalue weighted by Crippen LogP contribution is -2.46. The molecule has 1 fully saturated rings. The number of rotatable bonds is 7. The van der Waals surface area contributed by atoms with Crippen LogP contribution in [0, 0.1) is 5.92 Å². The van der Waals surface area contributed by atoms with E-state index in [9.17, 15) is 5.11 Å². The second-order valence-electron chi connectivity index (χ2n) is 5.61. The zero-order valence-corrected chi connectivity index (χ0v) is 12.3. The molecular formula is C14H29NO3. The molecule has 1 N–H and O–H groups in total. The molecular weight excluding hydrogens is 230 g/mol. The van der Waals surface area contributed by atoms with Crippen LogP contribution in [-0.4, -0.2) is 61.7 Å². The average Bonchev–Trinajstić information content (AvgIpc) is 2.33. The molecule has 1 rings (SSSR count). The molecule has 4 nitrogen and oxygen atoms in total. The molecule has 0 radical (unpaired) electrons. The van der Waals surface area contributed by atoms with E-state index in [4.69, 9.17) is 9.47 Å². The first kappa shape index (κ1) is 15.9. The van der Waals surface area contributed by atoms with Crippen molar-refractivity contribution in [1.82, 2.24) is 4.90 Å². The Balaban J connectivity index is 2.24. The molecule has 4 unspecified atom stereocenters. The maximum atomic E-state index is 10.0. The van der Waals surface area contributed by atoms with Crippen LogP contribution in [0.25, 0.3) is 0 Å². The molecule has 0 aliphatic carbocycles. The molecule has 4 atom stereocenters. The van der Waals surface area contributed by atoms with Crippen molar-refractivity contribution in [3.05, 3.63) is 0 Å². The molecule has 0 aromatic rings. The summed E-state index contributed by atoms with van der Waals surface area (Å²) >= 11 is 0. The summed E-state index contributed by atoms with van der Waals surface area (Å²) < 4.78 is 10.5. The molecule has 1 saturated heterocycles. The first-order valence-corrected chi connectivity index (χ1v) is 7.07. The second-order valence-corrected chi connectivity index (χ2v) is 5.61. The van der Waals surface area contributed by atoms with Crippen LogP contribution in [0.4, 0.5) is 0 Å². The number of hydrogen-bond donors (Lipinski definition) is 1. The van der Waals surface area contributed by atoms with Crippen LogP contribution in [-0.2, 0) is 9.47 Å². The van der Waals surface area contributed by atoms with Crippen LogP contribution in [0.1, 0.15) is 33.6 Å². The number of aliphatic hydroxyl groups is 1. The van der Waals surface area contributed by atoms with Crippen molar-refractivity contribution >= 4 is 0 Å². The van der Waals surface area contributed by atoms with Gasteiger partial charge < -0.3 is 14.6 Å². The third-order valence-electron chi connectivity index (χ3n) is 3.92. The smallest absolute Gasteiger partial charge is 0.0900 e. The summed E-state index contributed by atoms with van der Waals surface area (Å²) in [7, 11) is 1.66. The van der Waals surface area contributed by atoms with Crippen LogP contribution in [0.2, 0.25) is 0 Å². The topological polar surface area (TPSA) is 41.9 Å². The second kappa shape index (κ2) is 8.10. The summed E-state index contributed by atoms with van der Waals surface area (Å²) in [6.07, 6.45) is 2.17. The molecule has 1 heterocycles. The lowest BCUT2D eigenvalue weighted by molar-refractivity contribution is -0.0470. The van der Waals surface area contributed by atoms with E-state index in [1.165, 1.54) is 12.8 Å². The van der Waals surface area contributed by atoms with Crippen molar-refractivity contribution in [2.45, 2.75) is 51.9 Å². The molecule has 1 aliphatic heterocycles. The quantitative estimate of drug-likeness (QED) is 0.753. The van der Waals surface area contributed by atoms with E-state index in [1.807, 2.05) is 6.92 Å². The van der Waals surface area contributed by atoms with E-state index in [0.717, 1.165) is 12.5 Å². The van der Waals surface area contributed by atoms with Crippen molar-refractivity contribution < 1.29 is 14.6 Å². The Morgan fingerprint density at radius 3 is 2.72 bits per heavy atom. The molecule has 0 bridgehead atoms. The largest absolute Gasteiger partial charge is 0.389 e. The van der Waals surface area contributed by atoms with Gasteiger partial charge in [-0.15, -0.1) is 0 Å². The van der Waals surface area contributed by atoms with Crippen LogP contribution in [0.3, 0.4) is 0 Å². The van der Waals surface area contributed by atoms with Gasteiger partial charge in [0.05, 0.1) is 25.4 Å². The number of β-amino-alcohol motifs (C(OH)–C–C–N with tert-alkyl or cyclic N) is 1. The van der Waals surface area contributed by atoms with Gasteiger partial charge in [-0.3, -0.25) is 4.90 Å². The molecule has 0 spiro atoms. The van der Waals surface area contributed by atoms with Crippen molar-refractivity contribution in [2.75, 3.05) is 33.4 Å². The number of likely N-dealkylation sites (tertiary alicyclic amines) is 1. The highest BCUT2D eigenvalue weighted by atomic mass is 16.5. The molecule has 0 amide bonds. The van der Waals surface area contributed by atoms with Crippen molar-refractivity contribution in [3.63, 3.8) is 0 Å².